The van der Waals surface area contributed by atoms with E-state index >= 15 is 0 Å². The highest BCUT2D eigenvalue weighted by Gasteiger charge is 2.26. The third-order valence-electron chi connectivity index (χ3n) is 1.95. The van der Waals surface area contributed by atoms with Gasteiger partial charge in [-0.25, -0.2) is 8.78 Å². The molecule has 14 heavy (non-hydrogen) atoms. The summed E-state index contributed by atoms with van der Waals surface area (Å²) >= 11 is 0. The largest absolute Gasteiger partial charge is 0.384 e. The molecule has 0 saturated carbocycles. The van der Waals surface area contributed by atoms with Crippen LogP contribution in [0.15, 0.2) is 18.2 Å². The molecule has 4 N–H and O–H groups in total. The topological polar surface area (TPSA) is 58.3 Å². The first-order valence-electron chi connectivity index (χ1n) is 4.09. The van der Waals surface area contributed by atoms with Gasteiger partial charge in [-0.05, 0) is 25.1 Å². The molecular formula is C9H12F2N2O. The van der Waals surface area contributed by atoms with Crippen molar-refractivity contribution in [2.45, 2.75) is 12.5 Å². The third kappa shape index (κ3) is 2.25. The fourth-order valence-electron chi connectivity index (χ4n) is 1.20. The first-order chi connectivity index (χ1) is 6.47. The zero-order chi connectivity index (χ0) is 10.8. The molecule has 0 saturated heterocycles. The zero-order valence-electron chi connectivity index (χ0n) is 7.72. The number of hydrogen-bond donors (Lipinski definition) is 3. The molecule has 3 nitrogen and oxygen atoms in total. The minimum atomic E-state index is -1.53. The van der Waals surface area contributed by atoms with Gasteiger partial charge in [0, 0.05) is 12.1 Å². The number of nitrogens with two attached hydrogens (primary N) is 1. The molecule has 0 bridgehead atoms. The maximum absolute atomic E-state index is 13.2. The molecule has 0 spiro atoms. The van der Waals surface area contributed by atoms with Crippen molar-refractivity contribution in [1.82, 2.24) is 5.43 Å². The molecule has 1 aromatic rings. The summed E-state index contributed by atoms with van der Waals surface area (Å²) in [6, 6.07) is 2.91. The Hall–Kier alpha value is -1.04. The van der Waals surface area contributed by atoms with Crippen LogP contribution in [0, 0.1) is 11.6 Å². The summed E-state index contributed by atoms with van der Waals surface area (Å²) in [5.74, 6) is 3.75. The highest BCUT2D eigenvalue weighted by Crippen LogP contribution is 2.23. The number of aliphatic hydroxyl groups is 1. The van der Waals surface area contributed by atoms with Crippen molar-refractivity contribution < 1.29 is 13.9 Å². The second-order valence-corrected chi connectivity index (χ2v) is 3.28. The number of rotatable bonds is 3. The summed E-state index contributed by atoms with van der Waals surface area (Å²) in [7, 11) is 0. The Bertz CT molecular complexity index is 329. The Morgan fingerprint density at radius 1 is 1.50 bits per heavy atom. The summed E-state index contributed by atoms with van der Waals surface area (Å²) in [5, 5.41) is 9.74. The first kappa shape index (κ1) is 11.0. The molecule has 0 amide bonds. The van der Waals surface area contributed by atoms with Crippen molar-refractivity contribution in [3.05, 3.63) is 35.4 Å². The quantitative estimate of drug-likeness (QED) is 0.498. The summed E-state index contributed by atoms with van der Waals surface area (Å²) in [5.41, 5.74) is 0.572. The smallest absolute Gasteiger partial charge is 0.129 e. The van der Waals surface area contributed by atoms with Crippen LogP contribution in [-0.4, -0.2) is 11.7 Å². The van der Waals surface area contributed by atoms with Gasteiger partial charge in [0.15, 0.2) is 0 Å². The number of halogens is 2. The van der Waals surface area contributed by atoms with Gasteiger partial charge in [0.25, 0.3) is 0 Å². The Kier molecular flexibility index (Phi) is 3.15. The van der Waals surface area contributed by atoms with E-state index in [1.807, 2.05) is 0 Å². The molecule has 0 heterocycles. The van der Waals surface area contributed by atoms with Gasteiger partial charge in [-0.3, -0.25) is 11.3 Å². The van der Waals surface area contributed by atoms with Gasteiger partial charge in [0.1, 0.15) is 17.2 Å². The van der Waals surface area contributed by atoms with Crippen LogP contribution >= 0.6 is 0 Å². The second-order valence-electron chi connectivity index (χ2n) is 3.28. The van der Waals surface area contributed by atoms with Gasteiger partial charge < -0.3 is 5.11 Å². The van der Waals surface area contributed by atoms with Crippen molar-refractivity contribution in [3.63, 3.8) is 0 Å². The monoisotopic (exact) mass is 202 g/mol. The van der Waals surface area contributed by atoms with Crippen molar-refractivity contribution in [2.24, 2.45) is 5.84 Å². The average Bonchev–Trinajstić information content (AvgIpc) is 2.09. The molecular weight excluding hydrogens is 190 g/mol. The maximum Gasteiger partial charge on any atom is 0.129 e. The standard InChI is InChI=1S/C9H12F2N2O/c1-9(14,5-13-12)7-4-6(10)2-3-8(7)11/h2-4,13-14H,5,12H2,1H3. The van der Waals surface area contributed by atoms with Crippen LogP contribution in [0.2, 0.25) is 0 Å². The lowest BCUT2D eigenvalue weighted by molar-refractivity contribution is 0.0531. The van der Waals surface area contributed by atoms with Crippen molar-refractivity contribution in [2.75, 3.05) is 6.54 Å². The Labute approximate surface area is 80.5 Å². The fraction of sp³-hybridized carbons (Fsp3) is 0.333. The molecule has 1 aromatic carbocycles. The second kappa shape index (κ2) is 4.00. The minimum Gasteiger partial charge on any atom is -0.384 e. The Morgan fingerprint density at radius 2 is 2.14 bits per heavy atom. The van der Waals surface area contributed by atoms with E-state index in [0.717, 1.165) is 18.2 Å². The van der Waals surface area contributed by atoms with Gasteiger partial charge >= 0.3 is 0 Å². The van der Waals surface area contributed by atoms with E-state index < -0.39 is 17.2 Å². The predicted octanol–water partition coefficient (Wildman–Crippen LogP) is 0.636. The number of nitrogens with one attached hydrogen (secondary N) is 1. The third-order valence-corrected chi connectivity index (χ3v) is 1.95. The molecule has 0 aliphatic heterocycles. The summed E-state index contributed by atoms with van der Waals surface area (Å²) in [4.78, 5) is 0. The number of hydrazine groups is 1. The molecule has 0 aliphatic carbocycles. The van der Waals surface area contributed by atoms with Crippen LogP contribution in [-0.2, 0) is 5.60 Å². The van der Waals surface area contributed by atoms with E-state index in [2.05, 4.69) is 5.43 Å². The van der Waals surface area contributed by atoms with Gasteiger partial charge in [-0.1, -0.05) is 0 Å². The van der Waals surface area contributed by atoms with E-state index in [-0.39, 0.29) is 12.1 Å². The normalized spacial score (nSPS) is 15.2. The molecule has 0 aromatic heterocycles. The minimum absolute atomic E-state index is 0.0621. The van der Waals surface area contributed by atoms with Crippen molar-refractivity contribution in [1.29, 1.82) is 0 Å². The van der Waals surface area contributed by atoms with Crippen LogP contribution in [0.4, 0.5) is 8.78 Å². The Morgan fingerprint density at radius 3 is 2.71 bits per heavy atom. The lowest BCUT2D eigenvalue weighted by atomic mass is 9.95. The van der Waals surface area contributed by atoms with Gasteiger partial charge in [-0.2, -0.15) is 0 Å². The lowest BCUT2D eigenvalue weighted by Gasteiger charge is -2.23. The van der Waals surface area contributed by atoms with Gasteiger partial charge in [0.05, 0.1) is 0 Å². The van der Waals surface area contributed by atoms with Crippen molar-refractivity contribution >= 4 is 0 Å². The van der Waals surface area contributed by atoms with E-state index in [9.17, 15) is 13.9 Å². The fourth-order valence-corrected chi connectivity index (χ4v) is 1.20. The highest BCUT2D eigenvalue weighted by atomic mass is 19.1. The van der Waals surface area contributed by atoms with Crippen LogP contribution in [0.3, 0.4) is 0 Å². The highest BCUT2D eigenvalue weighted by molar-refractivity contribution is 5.24. The SMILES string of the molecule is CC(O)(CNN)c1cc(F)ccc1F. The molecule has 0 radical (unpaired) electrons. The van der Waals surface area contributed by atoms with E-state index in [0.29, 0.717) is 0 Å². The molecule has 1 atom stereocenters. The molecule has 5 heteroatoms. The molecule has 1 unspecified atom stereocenters. The summed E-state index contributed by atoms with van der Waals surface area (Å²) < 4.78 is 26.0. The maximum atomic E-state index is 13.2. The molecule has 0 fully saturated rings. The van der Waals surface area contributed by atoms with Crippen LogP contribution in [0.1, 0.15) is 12.5 Å². The molecule has 0 aliphatic rings. The molecule has 78 valence electrons. The average molecular weight is 202 g/mol. The van der Waals surface area contributed by atoms with Gasteiger partial charge in [0.2, 0.25) is 0 Å². The van der Waals surface area contributed by atoms with E-state index in [4.69, 9.17) is 5.84 Å². The lowest BCUT2D eigenvalue weighted by Crippen LogP contribution is -2.39. The van der Waals surface area contributed by atoms with Crippen LogP contribution in [0.25, 0.3) is 0 Å². The Balaban J connectivity index is 3.10. The van der Waals surface area contributed by atoms with Crippen molar-refractivity contribution in [3.8, 4) is 0 Å². The summed E-state index contributed by atoms with van der Waals surface area (Å²) in [6.07, 6.45) is 0. The van der Waals surface area contributed by atoms with Gasteiger partial charge in [-0.15, -0.1) is 0 Å². The first-order valence-corrected chi connectivity index (χ1v) is 4.09. The van der Waals surface area contributed by atoms with E-state index in [1.54, 1.807) is 0 Å². The van der Waals surface area contributed by atoms with E-state index in [1.165, 1.54) is 6.92 Å². The molecule has 1 rings (SSSR count). The number of benzene rings is 1. The zero-order valence-corrected chi connectivity index (χ0v) is 7.72. The number of hydrogen-bond acceptors (Lipinski definition) is 3. The van der Waals surface area contributed by atoms with Crippen LogP contribution < -0.4 is 11.3 Å². The summed E-state index contributed by atoms with van der Waals surface area (Å²) in [6.45, 7) is 1.29. The predicted molar refractivity (Wildman–Crippen MR) is 48.1 cm³/mol. The van der Waals surface area contributed by atoms with Crippen LogP contribution in [0.5, 0.6) is 0 Å².